The second-order valence-corrected chi connectivity index (χ2v) is 1.67. The molecule has 0 saturated carbocycles. The third-order valence-corrected chi connectivity index (χ3v) is 0.988. The highest BCUT2D eigenvalue weighted by Gasteiger charge is 2.09. The van der Waals surface area contributed by atoms with Gasteiger partial charge in [-0.25, -0.2) is 0 Å². The van der Waals surface area contributed by atoms with Crippen molar-refractivity contribution < 1.29 is 4.84 Å². The van der Waals surface area contributed by atoms with Gasteiger partial charge in [-0.3, -0.25) is 0 Å². The Hall–Kier alpha value is -1.04. The molecule has 1 rings (SSSR count). The Morgan fingerprint density at radius 3 is 3.38 bits per heavy atom. The van der Waals surface area contributed by atoms with Crippen LogP contribution in [-0.4, -0.2) is 12.8 Å². The van der Waals surface area contributed by atoms with Crippen LogP contribution in [-0.2, 0) is 4.84 Å². The maximum absolute atomic E-state index is 8.16. The fraction of sp³-hybridized carbons (Fsp3) is 0.600. The van der Waals surface area contributed by atoms with Gasteiger partial charge in [-0.15, -0.1) is 0 Å². The van der Waals surface area contributed by atoms with Crippen LogP contribution in [0.4, 0.5) is 0 Å². The number of hydrogen-bond donors (Lipinski definition) is 0. The summed E-state index contributed by atoms with van der Waals surface area (Å²) in [5.41, 5.74) is 0. The van der Waals surface area contributed by atoms with Crippen molar-refractivity contribution in [3.63, 3.8) is 0 Å². The first-order valence-electron chi connectivity index (χ1n) is 2.46. The van der Waals surface area contributed by atoms with Gasteiger partial charge in [-0.05, 0) is 0 Å². The molecule has 42 valence electrons. The molecule has 8 heavy (non-hydrogen) atoms. The molecule has 0 saturated heterocycles. The molecule has 0 fully saturated rings. The highest BCUT2D eigenvalue weighted by Crippen LogP contribution is 2.05. The second-order valence-electron chi connectivity index (χ2n) is 1.67. The molecule has 1 unspecified atom stereocenters. The molecular formula is C5H6N2O. The third-order valence-electron chi connectivity index (χ3n) is 0.988. The summed E-state index contributed by atoms with van der Waals surface area (Å²) >= 11 is 0. The summed E-state index contributed by atoms with van der Waals surface area (Å²) in [6.45, 7) is 0.577. The molecule has 0 N–H and O–H groups in total. The van der Waals surface area contributed by atoms with E-state index in [4.69, 9.17) is 5.26 Å². The van der Waals surface area contributed by atoms with E-state index in [9.17, 15) is 0 Å². The minimum absolute atomic E-state index is 0.236. The summed E-state index contributed by atoms with van der Waals surface area (Å²) in [5.74, 6) is 0.236. The zero-order valence-corrected chi connectivity index (χ0v) is 4.37. The first kappa shape index (κ1) is 5.10. The molecule has 1 aliphatic heterocycles. The van der Waals surface area contributed by atoms with Crippen molar-refractivity contribution in [3.8, 4) is 6.07 Å². The van der Waals surface area contributed by atoms with E-state index < -0.39 is 0 Å². The minimum atomic E-state index is 0.236. The summed E-state index contributed by atoms with van der Waals surface area (Å²) in [4.78, 5) is 4.63. The van der Waals surface area contributed by atoms with Gasteiger partial charge in [0.1, 0.15) is 6.61 Å². The Bertz CT molecular complexity index is 136. The Balaban J connectivity index is 2.28. The molecule has 1 heterocycles. The molecule has 0 spiro atoms. The number of oxime groups is 1. The summed E-state index contributed by atoms with van der Waals surface area (Å²) in [7, 11) is 0. The van der Waals surface area contributed by atoms with Gasteiger partial charge in [0.2, 0.25) is 0 Å². The van der Waals surface area contributed by atoms with E-state index in [1.54, 1.807) is 6.21 Å². The quantitative estimate of drug-likeness (QED) is 0.494. The van der Waals surface area contributed by atoms with Gasteiger partial charge in [0.25, 0.3) is 0 Å². The van der Waals surface area contributed by atoms with Crippen molar-refractivity contribution in [2.75, 3.05) is 6.61 Å². The fourth-order valence-corrected chi connectivity index (χ4v) is 0.540. The van der Waals surface area contributed by atoms with E-state index in [1.807, 2.05) is 6.07 Å². The lowest BCUT2D eigenvalue weighted by atomic mass is 10.1. The van der Waals surface area contributed by atoms with Gasteiger partial charge in [-0.2, -0.15) is 5.26 Å². The van der Waals surface area contributed by atoms with Gasteiger partial charge in [-0.1, -0.05) is 5.16 Å². The van der Waals surface area contributed by atoms with E-state index >= 15 is 0 Å². The van der Waals surface area contributed by atoms with E-state index in [2.05, 4.69) is 9.99 Å². The monoisotopic (exact) mass is 110 g/mol. The predicted octanol–water partition coefficient (Wildman–Crippen LogP) is 0.532. The summed E-state index contributed by atoms with van der Waals surface area (Å²) < 4.78 is 0. The molecule has 3 heteroatoms. The van der Waals surface area contributed by atoms with E-state index in [0.29, 0.717) is 13.0 Å². The van der Waals surface area contributed by atoms with Gasteiger partial charge in [0.05, 0.1) is 12.3 Å². The van der Waals surface area contributed by atoms with Gasteiger partial charge in [0, 0.05) is 12.3 Å². The number of rotatable bonds is 1. The lowest BCUT2D eigenvalue weighted by molar-refractivity contribution is 0.155. The molecule has 3 nitrogen and oxygen atoms in total. The average Bonchev–Trinajstić information content (AvgIpc) is 2.19. The third kappa shape index (κ3) is 0.969. The standard InChI is InChI=1S/C5H6N2O/c6-2-1-5-3-7-8-4-5/h3,5H,1,4H2. The maximum Gasteiger partial charge on any atom is 0.126 e. The van der Waals surface area contributed by atoms with Crippen LogP contribution in [0.1, 0.15) is 6.42 Å². The summed E-state index contributed by atoms with van der Waals surface area (Å²) in [6.07, 6.45) is 2.19. The fourth-order valence-electron chi connectivity index (χ4n) is 0.540. The van der Waals surface area contributed by atoms with Crippen LogP contribution in [0, 0.1) is 17.2 Å². The van der Waals surface area contributed by atoms with E-state index in [0.717, 1.165) is 0 Å². The molecular weight excluding hydrogens is 104 g/mol. The predicted molar refractivity (Wildman–Crippen MR) is 28.2 cm³/mol. The van der Waals surface area contributed by atoms with Crippen LogP contribution in [0.3, 0.4) is 0 Å². The zero-order chi connectivity index (χ0) is 5.82. The maximum atomic E-state index is 8.16. The lowest BCUT2D eigenvalue weighted by Crippen LogP contribution is -1.99. The molecule has 1 atom stereocenters. The van der Waals surface area contributed by atoms with Gasteiger partial charge < -0.3 is 4.84 Å². The van der Waals surface area contributed by atoms with Crippen molar-refractivity contribution in [1.82, 2.24) is 0 Å². The smallest absolute Gasteiger partial charge is 0.126 e. The van der Waals surface area contributed by atoms with Crippen LogP contribution in [0.5, 0.6) is 0 Å². The van der Waals surface area contributed by atoms with Crippen LogP contribution >= 0.6 is 0 Å². The Kier molecular flexibility index (Phi) is 1.48. The Morgan fingerprint density at radius 1 is 2.00 bits per heavy atom. The second kappa shape index (κ2) is 2.31. The molecule has 0 bridgehead atoms. The molecule has 0 amide bonds. The normalized spacial score (nSPS) is 24.6. The summed E-state index contributed by atoms with van der Waals surface area (Å²) in [6, 6.07) is 2.04. The first-order valence-corrected chi connectivity index (χ1v) is 2.46. The van der Waals surface area contributed by atoms with Crippen molar-refractivity contribution in [3.05, 3.63) is 0 Å². The molecule has 0 aromatic heterocycles. The first-order chi connectivity index (χ1) is 3.93. The molecule has 1 aliphatic rings. The minimum Gasteiger partial charge on any atom is -0.395 e. The van der Waals surface area contributed by atoms with Crippen molar-refractivity contribution in [1.29, 1.82) is 5.26 Å². The molecule has 0 aromatic rings. The topological polar surface area (TPSA) is 45.4 Å². The molecule has 0 radical (unpaired) electrons. The van der Waals surface area contributed by atoms with Crippen molar-refractivity contribution in [2.24, 2.45) is 11.1 Å². The lowest BCUT2D eigenvalue weighted by Gasteiger charge is -1.92. The Morgan fingerprint density at radius 2 is 2.88 bits per heavy atom. The van der Waals surface area contributed by atoms with Gasteiger partial charge in [0.15, 0.2) is 0 Å². The van der Waals surface area contributed by atoms with Crippen molar-refractivity contribution in [2.45, 2.75) is 6.42 Å². The number of hydrogen-bond acceptors (Lipinski definition) is 3. The van der Waals surface area contributed by atoms with Crippen LogP contribution < -0.4 is 0 Å². The largest absolute Gasteiger partial charge is 0.395 e. The summed E-state index contributed by atoms with van der Waals surface area (Å²) in [5, 5.41) is 11.7. The molecule has 0 aromatic carbocycles. The van der Waals surface area contributed by atoms with Crippen LogP contribution in [0.25, 0.3) is 0 Å². The van der Waals surface area contributed by atoms with Crippen LogP contribution in [0.2, 0.25) is 0 Å². The van der Waals surface area contributed by atoms with Gasteiger partial charge >= 0.3 is 0 Å². The van der Waals surface area contributed by atoms with E-state index in [1.165, 1.54) is 0 Å². The Labute approximate surface area is 47.5 Å². The van der Waals surface area contributed by atoms with E-state index in [-0.39, 0.29) is 5.92 Å². The zero-order valence-electron chi connectivity index (χ0n) is 4.37. The average molecular weight is 110 g/mol. The highest BCUT2D eigenvalue weighted by atomic mass is 16.6. The van der Waals surface area contributed by atoms with Crippen molar-refractivity contribution >= 4 is 6.21 Å². The number of nitrogens with zero attached hydrogens (tertiary/aromatic N) is 2. The number of nitriles is 1. The van der Waals surface area contributed by atoms with Crippen LogP contribution in [0.15, 0.2) is 5.16 Å². The SMILES string of the molecule is N#CCC1C=NOC1. The molecule has 0 aliphatic carbocycles. The highest BCUT2D eigenvalue weighted by molar-refractivity contribution is 5.61.